The average Bonchev–Trinajstić information content (AvgIpc) is 3.74. The van der Waals surface area contributed by atoms with Crippen LogP contribution in [0.4, 0.5) is 0 Å². The van der Waals surface area contributed by atoms with Gasteiger partial charge in [0, 0.05) is 32.9 Å². The second kappa shape index (κ2) is 8.74. The Morgan fingerprint density at radius 3 is 1.78 bits per heavy atom. The molecule has 8 aromatic carbocycles. The van der Waals surface area contributed by atoms with Crippen LogP contribution >= 0.6 is 0 Å². The standard InChI is InChI=1S/C44H26N2/c1-2-13-29(14-3-1)45-39-20-9-8-17-33(39)34-22-21-30(25-41(34)45)46-40-24-28-12-5-4-11-27(28)23-38(40)44-36-19-10-18-35-31-15-6-7-16-32(31)37(43(35)36)26-42(44)46/h1-26H. The number of rotatable bonds is 2. The lowest BCUT2D eigenvalue weighted by molar-refractivity contribution is 1.16. The molecule has 0 radical (unpaired) electrons. The number of para-hydroxylation sites is 2. The van der Waals surface area contributed by atoms with E-state index in [1.165, 1.54) is 93.1 Å². The molecular formula is C44H26N2. The minimum absolute atomic E-state index is 1.16. The van der Waals surface area contributed by atoms with Gasteiger partial charge in [0.25, 0.3) is 0 Å². The third-order valence-corrected chi connectivity index (χ3v) is 10.2. The smallest absolute Gasteiger partial charge is 0.0561 e. The molecule has 2 aromatic heterocycles. The summed E-state index contributed by atoms with van der Waals surface area (Å²) >= 11 is 0. The van der Waals surface area contributed by atoms with E-state index < -0.39 is 0 Å². The van der Waals surface area contributed by atoms with Crippen molar-refractivity contribution in [3.63, 3.8) is 0 Å². The summed E-state index contributed by atoms with van der Waals surface area (Å²) in [5, 5.41) is 10.3. The van der Waals surface area contributed by atoms with Crippen molar-refractivity contribution in [1.82, 2.24) is 9.13 Å². The molecule has 10 aromatic rings. The summed E-state index contributed by atoms with van der Waals surface area (Å²) in [6, 6.07) is 58.2. The van der Waals surface area contributed by atoms with Crippen molar-refractivity contribution in [2.24, 2.45) is 0 Å². The van der Waals surface area contributed by atoms with Crippen LogP contribution in [0.25, 0.3) is 98.8 Å². The highest BCUT2D eigenvalue weighted by Gasteiger charge is 2.26. The third-order valence-electron chi connectivity index (χ3n) is 10.2. The monoisotopic (exact) mass is 582 g/mol. The first-order chi connectivity index (χ1) is 22.8. The Balaban J connectivity index is 1.32. The summed E-state index contributed by atoms with van der Waals surface area (Å²) in [5.41, 5.74) is 12.5. The number of fused-ring (bicyclic) bond motifs is 11. The Morgan fingerprint density at radius 2 is 0.913 bits per heavy atom. The molecule has 2 heteroatoms. The molecule has 0 atom stereocenters. The molecule has 0 saturated carbocycles. The number of aromatic nitrogens is 2. The Morgan fingerprint density at radius 1 is 0.283 bits per heavy atom. The van der Waals surface area contributed by atoms with E-state index in [1.807, 2.05) is 0 Å². The van der Waals surface area contributed by atoms with Crippen LogP contribution in [0.3, 0.4) is 0 Å². The summed E-state index contributed by atoms with van der Waals surface area (Å²) in [6.07, 6.45) is 0. The first kappa shape index (κ1) is 24.2. The van der Waals surface area contributed by atoms with Gasteiger partial charge in [-0.3, -0.25) is 0 Å². The Kier molecular flexibility index (Phi) is 4.61. The highest BCUT2D eigenvalue weighted by Crippen LogP contribution is 2.51. The van der Waals surface area contributed by atoms with Crippen molar-refractivity contribution in [3.05, 3.63) is 158 Å². The van der Waals surface area contributed by atoms with E-state index in [9.17, 15) is 0 Å². The van der Waals surface area contributed by atoms with Gasteiger partial charge in [-0.2, -0.15) is 0 Å². The van der Waals surface area contributed by atoms with Gasteiger partial charge in [-0.05, 0) is 92.3 Å². The molecule has 1 aliphatic carbocycles. The van der Waals surface area contributed by atoms with Crippen LogP contribution in [0.2, 0.25) is 0 Å². The zero-order chi connectivity index (χ0) is 29.9. The van der Waals surface area contributed by atoms with Crippen molar-refractivity contribution in [3.8, 4) is 33.6 Å². The van der Waals surface area contributed by atoms with Crippen LogP contribution in [0.5, 0.6) is 0 Å². The van der Waals surface area contributed by atoms with Gasteiger partial charge in [-0.25, -0.2) is 0 Å². The van der Waals surface area contributed by atoms with Gasteiger partial charge < -0.3 is 9.13 Å². The van der Waals surface area contributed by atoms with Crippen molar-refractivity contribution in [1.29, 1.82) is 0 Å². The van der Waals surface area contributed by atoms with Crippen molar-refractivity contribution in [2.75, 3.05) is 0 Å². The SMILES string of the molecule is c1ccc(-n2c3ccccc3c3ccc(-n4c5cc6ccccc6cc5c5c6cccc7c6c(cc54)-c4ccccc4-7)cc32)cc1. The quantitative estimate of drug-likeness (QED) is 0.192. The van der Waals surface area contributed by atoms with Crippen LogP contribution in [-0.2, 0) is 0 Å². The zero-order valence-corrected chi connectivity index (χ0v) is 24.9. The maximum Gasteiger partial charge on any atom is 0.0561 e. The summed E-state index contributed by atoms with van der Waals surface area (Å²) < 4.78 is 4.92. The highest BCUT2D eigenvalue weighted by molar-refractivity contribution is 6.30. The number of benzene rings is 8. The summed E-state index contributed by atoms with van der Waals surface area (Å²) in [6.45, 7) is 0. The molecule has 2 heterocycles. The lowest BCUT2D eigenvalue weighted by Crippen LogP contribution is -1.97. The molecule has 0 amide bonds. The lowest BCUT2D eigenvalue weighted by Gasteiger charge is -2.12. The number of hydrogen-bond donors (Lipinski definition) is 0. The average molecular weight is 583 g/mol. The van der Waals surface area contributed by atoms with Gasteiger partial charge in [0.2, 0.25) is 0 Å². The first-order valence-corrected chi connectivity index (χ1v) is 15.9. The fraction of sp³-hybridized carbons (Fsp3) is 0. The summed E-state index contributed by atoms with van der Waals surface area (Å²) in [7, 11) is 0. The van der Waals surface area contributed by atoms with Crippen LogP contribution in [0.1, 0.15) is 0 Å². The number of hydrogen-bond acceptors (Lipinski definition) is 0. The van der Waals surface area contributed by atoms with Gasteiger partial charge in [0.15, 0.2) is 0 Å². The molecule has 0 bridgehead atoms. The van der Waals surface area contributed by atoms with Crippen LogP contribution in [0, 0.1) is 0 Å². The predicted octanol–water partition coefficient (Wildman–Crippen LogP) is 11.8. The highest BCUT2D eigenvalue weighted by atomic mass is 15.0. The van der Waals surface area contributed by atoms with Gasteiger partial charge in [-0.15, -0.1) is 0 Å². The predicted molar refractivity (Wildman–Crippen MR) is 195 cm³/mol. The fourth-order valence-electron chi connectivity index (χ4n) is 8.29. The lowest BCUT2D eigenvalue weighted by atomic mass is 9.97. The van der Waals surface area contributed by atoms with E-state index >= 15 is 0 Å². The van der Waals surface area contributed by atoms with Crippen LogP contribution in [0.15, 0.2) is 158 Å². The molecule has 0 fully saturated rings. The second-order valence-electron chi connectivity index (χ2n) is 12.5. The van der Waals surface area contributed by atoms with E-state index in [0.29, 0.717) is 0 Å². The van der Waals surface area contributed by atoms with Gasteiger partial charge in [0.1, 0.15) is 0 Å². The fourth-order valence-corrected chi connectivity index (χ4v) is 8.29. The molecule has 0 spiro atoms. The maximum absolute atomic E-state index is 2.51. The van der Waals surface area contributed by atoms with Gasteiger partial charge in [0.05, 0.1) is 22.1 Å². The molecule has 212 valence electrons. The zero-order valence-electron chi connectivity index (χ0n) is 24.9. The van der Waals surface area contributed by atoms with Crippen molar-refractivity contribution in [2.45, 2.75) is 0 Å². The number of nitrogens with zero attached hydrogens (tertiary/aromatic N) is 2. The van der Waals surface area contributed by atoms with Gasteiger partial charge in [-0.1, -0.05) is 109 Å². The molecule has 0 saturated heterocycles. The molecule has 2 nitrogen and oxygen atoms in total. The molecule has 0 N–H and O–H groups in total. The van der Waals surface area contributed by atoms with Crippen LogP contribution in [-0.4, -0.2) is 9.13 Å². The van der Waals surface area contributed by atoms with E-state index in [0.717, 1.165) is 5.69 Å². The molecule has 0 aliphatic heterocycles. The topological polar surface area (TPSA) is 9.86 Å². The summed E-state index contributed by atoms with van der Waals surface area (Å²) in [4.78, 5) is 0. The minimum Gasteiger partial charge on any atom is -0.309 e. The minimum atomic E-state index is 1.16. The molecular weight excluding hydrogens is 556 g/mol. The van der Waals surface area contributed by atoms with E-state index in [1.54, 1.807) is 0 Å². The maximum atomic E-state index is 2.51. The molecule has 0 unspecified atom stereocenters. The molecule has 11 rings (SSSR count). The largest absolute Gasteiger partial charge is 0.309 e. The van der Waals surface area contributed by atoms with Crippen molar-refractivity contribution < 1.29 is 0 Å². The van der Waals surface area contributed by atoms with Crippen LogP contribution < -0.4 is 0 Å². The second-order valence-corrected chi connectivity index (χ2v) is 12.5. The summed E-state index contributed by atoms with van der Waals surface area (Å²) in [5.74, 6) is 0. The Bertz CT molecular complexity index is 2900. The van der Waals surface area contributed by atoms with E-state index in [2.05, 4.69) is 167 Å². The Labute approximate surface area is 265 Å². The van der Waals surface area contributed by atoms with E-state index in [-0.39, 0.29) is 0 Å². The van der Waals surface area contributed by atoms with Gasteiger partial charge >= 0.3 is 0 Å². The Hall–Kier alpha value is -6.12. The third kappa shape index (κ3) is 3.05. The van der Waals surface area contributed by atoms with Crippen molar-refractivity contribution >= 4 is 65.2 Å². The normalized spacial score (nSPS) is 12.3. The molecule has 46 heavy (non-hydrogen) atoms. The first-order valence-electron chi connectivity index (χ1n) is 15.9. The van der Waals surface area contributed by atoms with E-state index in [4.69, 9.17) is 0 Å². The molecule has 1 aliphatic rings.